The Morgan fingerprint density at radius 2 is 2.11 bits per heavy atom. The minimum Gasteiger partial charge on any atom is -0.392 e. The maximum Gasteiger partial charge on any atom is 0.269 e. The molecular weight excluding hydrogens is 244 g/mol. The summed E-state index contributed by atoms with van der Waals surface area (Å²) in [6.07, 6.45) is -1.45. The number of alkyl halides is 2. The van der Waals surface area contributed by atoms with Gasteiger partial charge in [-0.15, -0.1) is 0 Å². The monoisotopic (exact) mass is 257 g/mol. The standard InChI is InChI=1S/C12H13F2NO3/c13-12(14)10-6-9(15(17)18)4-3-8(10)5-11(16)7-1-2-7/h3-4,6-7,11-12,16H,1-2,5H2. The van der Waals surface area contributed by atoms with Crippen molar-refractivity contribution in [2.45, 2.75) is 31.8 Å². The number of rotatable bonds is 5. The number of halogens is 2. The Labute approximate surface area is 102 Å². The second-order valence-corrected chi connectivity index (χ2v) is 4.55. The molecule has 1 fully saturated rings. The molecule has 1 atom stereocenters. The van der Waals surface area contributed by atoms with E-state index in [4.69, 9.17) is 0 Å². The molecule has 0 radical (unpaired) electrons. The van der Waals surface area contributed by atoms with Crippen LogP contribution >= 0.6 is 0 Å². The van der Waals surface area contributed by atoms with Gasteiger partial charge in [-0.1, -0.05) is 6.07 Å². The summed E-state index contributed by atoms with van der Waals surface area (Å²) in [7, 11) is 0. The fourth-order valence-corrected chi connectivity index (χ4v) is 1.96. The first-order valence-electron chi connectivity index (χ1n) is 5.72. The van der Waals surface area contributed by atoms with E-state index >= 15 is 0 Å². The lowest BCUT2D eigenvalue weighted by Crippen LogP contribution is -2.14. The molecule has 0 saturated heterocycles. The zero-order valence-corrected chi connectivity index (χ0v) is 9.55. The van der Waals surface area contributed by atoms with Gasteiger partial charge in [-0.05, 0) is 30.7 Å². The molecule has 0 amide bonds. The first-order valence-corrected chi connectivity index (χ1v) is 5.72. The van der Waals surface area contributed by atoms with Gasteiger partial charge in [0.05, 0.1) is 11.0 Å². The second kappa shape index (κ2) is 4.97. The predicted molar refractivity (Wildman–Crippen MR) is 60.5 cm³/mol. The van der Waals surface area contributed by atoms with E-state index in [1.165, 1.54) is 12.1 Å². The zero-order chi connectivity index (χ0) is 13.3. The van der Waals surface area contributed by atoms with Gasteiger partial charge in [0.25, 0.3) is 12.1 Å². The molecule has 0 aromatic heterocycles. The number of non-ortho nitro benzene ring substituents is 1. The first-order chi connectivity index (χ1) is 8.49. The highest BCUT2D eigenvalue weighted by atomic mass is 19.3. The van der Waals surface area contributed by atoms with E-state index in [-0.39, 0.29) is 29.2 Å². The van der Waals surface area contributed by atoms with Crippen molar-refractivity contribution in [3.63, 3.8) is 0 Å². The Morgan fingerprint density at radius 1 is 1.44 bits per heavy atom. The summed E-state index contributed by atoms with van der Waals surface area (Å²) in [4.78, 5) is 9.84. The van der Waals surface area contributed by atoms with Crippen LogP contribution in [-0.2, 0) is 6.42 Å². The number of nitro groups is 1. The molecule has 0 heterocycles. The summed E-state index contributed by atoms with van der Waals surface area (Å²) < 4.78 is 25.7. The lowest BCUT2D eigenvalue weighted by molar-refractivity contribution is -0.385. The summed E-state index contributed by atoms with van der Waals surface area (Å²) in [5.74, 6) is 0.186. The number of nitrogens with zero attached hydrogens (tertiary/aromatic N) is 1. The van der Waals surface area contributed by atoms with Crippen molar-refractivity contribution in [3.05, 3.63) is 39.4 Å². The number of aliphatic hydroxyl groups is 1. The molecule has 6 heteroatoms. The summed E-state index contributed by atoms with van der Waals surface area (Å²) in [5.41, 5.74) is -0.422. The Hall–Kier alpha value is -1.56. The van der Waals surface area contributed by atoms with Crippen LogP contribution in [0.25, 0.3) is 0 Å². The number of nitro benzene ring substituents is 1. The van der Waals surface area contributed by atoms with Crippen molar-refractivity contribution < 1.29 is 18.8 Å². The minimum atomic E-state index is -2.77. The Bertz CT molecular complexity index is 461. The van der Waals surface area contributed by atoms with Gasteiger partial charge in [0.1, 0.15) is 0 Å². The molecule has 0 aliphatic heterocycles. The maximum atomic E-state index is 12.8. The van der Waals surface area contributed by atoms with Crippen molar-refractivity contribution in [2.24, 2.45) is 5.92 Å². The molecular formula is C12H13F2NO3. The molecule has 1 aromatic rings. The fourth-order valence-electron chi connectivity index (χ4n) is 1.96. The largest absolute Gasteiger partial charge is 0.392 e. The van der Waals surface area contributed by atoms with E-state index in [0.29, 0.717) is 0 Å². The normalized spacial score (nSPS) is 16.9. The van der Waals surface area contributed by atoms with E-state index in [1.807, 2.05) is 0 Å². The van der Waals surface area contributed by atoms with E-state index in [0.717, 1.165) is 18.9 Å². The molecule has 98 valence electrons. The van der Waals surface area contributed by atoms with Crippen molar-refractivity contribution in [1.82, 2.24) is 0 Å². The molecule has 0 spiro atoms. The minimum absolute atomic E-state index is 0.127. The van der Waals surface area contributed by atoms with Crippen LogP contribution < -0.4 is 0 Å². The van der Waals surface area contributed by atoms with E-state index < -0.39 is 17.5 Å². The second-order valence-electron chi connectivity index (χ2n) is 4.55. The van der Waals surface area contributed by atoms with Gasteiger partial charge in [0, 0.05) is 17.7 Å². The van der Waals surface area contributed by atoms with Crippen molar-refractivity contribution >= 4 is 5.69 Å². The molecule has 18 heavy (non-hydrogen) atoms. The van der Waals surface area contributed by atoms with Crippen molar-refractivity contribution in [3.8, 4) is 0 Å². The predicted octanol–water partition coefficient (Wildman–Crippen LogP) is 2.85. The van der Waals surface area contributed by atoms with Gasteiger partial charge >= 0.3 is 0 Å². The van der Waals surface area contributed by atoms with E-state index in [9.17, 15) is 24.0 Å². The molecule has 1 aromatic carbocycles. The van der Waals surface area contributed by atoms with Gasteiger partial charge in [0.2, 0.25) is 0 Å². The number of aliphatic hydroxyl groups excluding tert-OH is 1. The SMILES string of the molecule is O=[N+]([O-])c1ccc(CC(O)C2CC2)c(C(F)F)c1. The van der Waals surface area contributed by atoms with Crippen LogP contribution in [0.3, 0.4) is 0 Å². The summed E-state index contributed by atoms with van der Waals surface area (Å²) in [6, 6.07) is 3.39. The van der Waals surface area contributed by atoms with E-state index in [1.54, 1.807) is 0 Å². The van der Waals surface area contributed by atoms with Crippen LogP contribution in [0.15, 0.2) is 18.2 Å². The van der Waals surface area contributed by atoms with Gasteiger partial charge in [0.15, 0.2) is 0 Å². The van der Waals surface area contributed by atoms with Crippen LogP contribution in [0.1, 0.15) is 30.4 Å². The molecule has 4 nitrogen and oxygen atoms in total. The summed E-state index contributed by atoms with van der Waals surface area (Å²) >= 11 is 0. The summed E-state index contributed by atoms with van der Waals surface area (Å²) in [6.45, 7) is 0. The van der Waals surface area contributed by atoms with Gasteiger partial charge in [-0.25, -0.2) is 8.78 Å². The Kier molecular flexibility index (Phi) is 3.56. The molecule has 1 aliphatic rings. The molecule has 1 saturated carbocycles. The topological polar surface area (TPSA) is 63.4 Å². The highest BCUT2D eigenvalue weighted by Crippen LogP contribution is 2.35. The maximum absolute atomic E-state index is 12.8. The average molecular weight is 257 g/mol. The summed E-state index contributed by atoms with van der Waals surface area (Å²) in [5, 5.41) is 20.3. The highest BCUT2D eigenvalue weighted by Gasteiger charge is 2.31. The quantitative estimate of drug-likeness (QED) is 0.651. The van der Waals surface area contributed by atoms with Crippen molar-refractivity contribution in [1.29, 1.82) is 0 Å². The average Bonchev–Trinajstić information content (AvgIpc) is 3.12. The highest BCUT2D eigenvalue weighted by molar-refractivity contribution is 5.41. The molecule has 1 N–H and O–H groups in total. The molecule has 0 bridgehead atoms. The van der Waals surface area contributed by atoms with Crippen LogP contribution in [0.2, 0.25) is 0 Å². The van der Waals surface area contributed by atoms with Crippen LogP contribution in [0.4, 0.5) is 14.5 Å². The number of benzene rings is 1. The van der Waals surface area contributed by atoms with Gasteiger partial charge in [-0.3, -0.25) is 10.1 Å². The number of hydrogen-bond donors (Lipinski definition) is 1. The van der Waals surface area contributed by atoms with E-state index in [2.05, 4.69) is 0 Å². The first kappa shape index (κ1) is 12.9. The molecule has 1 unspecified atom stereocenters. The Morgan fingerprint density at radius 3 is 2.61 bits per heavy atom. The zero-order valence-electron chi connectivity index (χ0n) is 9.55. The van der Waals surface area contributed by atoms with Crippen LogP contribution in [0, 0.1) is 16.0 Å². The third-order valence-electron chi connectivity index (χ3n) is 3.17. The van der Waals surface area contributed by atoms with Crippen LogP contribution in [0.5, 0.6) is 0 Å². The van der Waals surface area contributed by atoms with Crippen molar-refractivity contribution in [2.75, 3.05) is 0 Å². The third-order valence-corrected chi connectivity index (χ3v) is 3.17. The lowest BCUT2D eigenvalue weighted by atomic mass is 9.99. The van der Waals surface area contributed by atoms with Crippen LogP contribution in [-0.4, -0.2) is 16.1 Å². The van der Waals surface area contributed by atoms with Gasteiger partial charge < -0.3 is 5.11 Å². The lowest BCUT2D eigenvalue weighted by Gasteiger charge is -2.13. The molecule has 1 aliphatic carbocycles. The fraction of sp³-hybridized carbons (Fsp3) is 0.500. The number of hydrogen-bond acceptors (Lipinski definition) is 3. The smallest absolute Gasteiger partial charge is 0.269 e. The molecule has 2 rings (SSSR count). The third kappa shape index (κ3) is 2.81. The Balaban J connectivity index is 2.24. The van der Waals surface area contributed by atoms with Gasteiger partial charge in [-0.2, -0.15) is 0 Å².